The van der Waals surface area contributed by atoms with Crippen LogP contribution in [0, 0.1) is 6.92 Å². The first-order valence-corrected chi connectivity index (χ1v) is 6.43. The molecule has 1 amide bonds. The maximum Gasteiger partial charge on any atom is 0.250 e. The highest BCUT2D eigenvalue weighted by molar-refractivity contribution is 7.09. The summed E-state index contributed by atoms with van der Waals surface area (Å²) < 4.78 is 0. The molecule has 0 unspecified atom stereocenters. The Hall–Kier alpha value is -1.94. The van der Waals surface area contributed by atoms with E-state index in [0.29, 0.717) is 5.57 Å². The van der Waals surface area contributed by atoms with E-state index in [4.69, 9.17) is 0 Å². The van der Waals surface area contributed by atoms with Crippen LogP contribution in [-0.2, 0) is 4.79 Å². The number of aromatic nitrogens is 1. The predicted octanol–water partition coefficient (Wildman–Crippen LogP) is 3.63. The predicted molar refractivity (Wildman–Crippen MR) is 75.7 cm³/mol. The summed E-state index contributed by atoms with van der Waals surface area (Å²) in [5.41, 5.74) is 3.27. The molecule has 0 saturated heterocycles. The van der Waals surface area contributed by atoms with Crippen molar-refractivity contribution in [3.8, 4) is 11.3 Å². The Kier molecular flexibility index (Phi) is 3.58. The first-order chi connectivity index (χ1) is 8.56. The number of benzene rings is 1. The molecule has 0 aliphatic rings. The lowest BCUT2D eigenvalue weighted by atomic mass is 10.1. The zero-order chi connectivity index (χ0) is 13.1. The highest BCUT2D eigenvalue weighted by Crippen LogP contribution is 2.23. The number of nitrogens with one attached hydrogen (secondary N) is 1. The number of anilines is 1. The number of aryl methyl sites for hydroxylation is 1. The van der Waals surface area contributed by atoms with Gasteiger partial charge in [0.15, 0.2) is 0 Å². The molecule has 0 saturated carbocycles. The van der Waals surface area contributed by atoms with Gasteiger partial charge in [-0.05, 0) is 26.0 Å². The summed E-state index contributed by atoms with van der Waals surface area (Å²) >= 11 is 1.63. The number of nitrogens with zero attached hydrogens (tertiary/aromatic N) is 1. The van der Waals surface area contributed by atoms with Gasteiger partial charge in [0.1, 0.15) is 0 Å². The van der Waals surface area contributed by atoms with E-state index < -0.39 is 0 Å². The Morgan fingerprint density at radius 2 is 2.00 bits per heavy atom. The van der Waals surface area contributed by atoms with Gasteiger partial charge >= 0.3 is 0 Å². The zero-order valence-electron chi connectivity index (χ0n) is 10.4. The molecule has 1 heterocycles. The van der Waals surface area contributed by atoms with E-state index in [1.165, 1.54) is 0 Å². The average Bonchev–Trinajstić information content (AvgIpc) is 2.76. The largest absolute Gasteiger partial charge is 0.322 e. The Bertz CT molecular complexity index is 584. The number of rotatable bonds is 3. The van der Waals surface area contributed by atoms with Crippen LogP contribution in [0.25, 0.3) is 11.3 Å². The fraction of sp³-hybridized carbons (Fsp3) is 0.143. The SMILES string of the molecule is C=C(C)C(=O)Nc1ccc(-c2csc(C)n2)cc1. The highest BCUT2D eigenvalue weighted by atomic mass is 32.1. The smallest absolute Gasteiger partial charge is 0.250 e. The minimum absolute atomic E-state index is 0.160. The molecular formula is C14H14N2OS. The van der Waals surface area contributed by atoms with Crippen molar-refractivity contribution in [3.05, 3.63) is 46.8 Å². The molecule has 2 rings (SSSR count). The molecule has 0 bridgehead atoms. The molecule has 3 nitrogen and oxygen atoms in total. The van der Waals surface area contributed by atoms with Gasteiger partial charge in [-0.15, -0.1) is 11.3 Å². The molecule has 0 fully saturated rings. The average molecular weight is 258 g/mol. The Morgan fingerprint density at radius 1 is 1.33 bits per heavy atom. The molecule has 1 N–H and O–H groups in total. The number of amides is 1. The molecule has 0 radical (unpaired) electrons. The molecule has 4 heteroatoms. The third kappa shape index (κ3) is 2.84. The highest BCUT2D eigenvalue weighted by Gasteiger charge is 2.04. The zero-order valence-corrected chi connectivity index (χ0v) is 11.2. The van der Waals surface area contributed by atoms with E-state index >= 15 is 0 Å². The number of carbonyl (C=O) groups is 1. The van der Waals surface area contributed by atoms with Crippen molar-refractivity contribution in [2.45, 2.75) is 13.8 Å². The van der Waals surface area contributed by atoms with E-state index in [2.05, 4.69) is 16.9 Å². The van der Waals surface area contributed by atoms with Crippen LogP contribution in [0.2, 0.25) is 0 Å². The van der Waals surface area contributed by atoms with Gasteiger partial charge < -0.3 is 5.32 Å². The van der Waals surface area contributed by atoms with E-state index in [1.54, 1.807) is 18.3 Å². The second kappa shape index (κ2) is 5.14. The number of hydrogen-bond donors (Lipinski definition) is 1. The van der Waals surface area contributed by atoms with E-state index in [1.807, 2.05) is 36.6 Å². The number of thiazole rings is 1. The second-order valence-corrected chi connectivity index (χ2v) is 5.13. The Balaban J connectivity index is 2.15. The summed E-state index contributed by atoms with van der Waals surface area (Å²) in [4.78, 5) is 15.9. The fourth-order valence-corrected chi connectivity index (χ4v) is 2.08. The quantitative estimate of drug-likeness (QED) is 0.854. The fourth-order valence-electron chi connectivity index (χ4n) is 1.46. The van der Waals surface area contributed by atoms with E-state index in [9.17, 15) is 4.79 Å². The molecule has 92 valence electrons. The molecule has 1 aromatic heterocycles. The monoisotopic (exact) mass is 258 g/mol. The van der Waals surface area contributed by atoms with Gasteiger partial charge in [0.25, 0.3) is 5.91 Å². The molecule has 0 atom stereocenters. The van der Waals surface area contributed by atoms with Crippen molar-refractivity contribution in [1.82, 2.24) is 4.98 Å². The van der Waals surface area contributed by atoms with Crippen LogP contribution in [0.1, 0.15) is 11.9 Å². The Morgan fingerprint density at radius 3 is 2.50 bits per heavy atom. The summed E-state index contributed by atoms with van der Waals surface area (Å²) in [5, 5.41) is 5.84. The van der Waals surface area contributed by atoms with E-state index in [0.717, 1.165) is 22.0 Å². The Labute approximate surface area is 110 Å². The van der Waals surface area contributed by atoms with Crippen LogP contribution in [0.4, 0.5) is 5.69 Å². The van der Waals surface area contributed by atoms with Crippen LogP contribution < -0.4 is 5.32 Å². The van der Waals surface area contributed by atoms with Crippen LogP contribution >= 0.6 is 11.3 Å². The van der Waals surface area contributed by atoms with Crippen molar-refractivity contribution in [1.29, 1.82) is 0 Å². The van der Waals surface area contributed by atoms with E-state index in [-0.39, 0.29) is 5.91 Å². The third-order valence-corrected chi connectivity index (χ3v) is 3.22. The summed E-state index contributed by atoms with van der Waals surface area (Å²) in [6.45, 7) is 7.26. The van der Waals surface area contributed by atoms with Crippen molar-refractivity contribution < 1.29 is 4.79 Å². The van der Waals surface area contributed by atoms with Crippen LogP contribution in [-0.4, -0.2) is 10.9 Å². The van der Waals surface area contributed by atoms with Crippen LogP contribution in [0.15, 0.2) is 41.8 Å². The molecule has 18 heavy (non-hydrogen) atoms. The maximum absolute atomic E-state index is 11.4. The van der Waals surface area contributed by atoms with Gasteiger partial charge in [0.05, 0.1) is 10.7 Å². The second-order valence-electron chi connectivity index (χ2n) is 4.06. The first kappa shape index (κ1) is 12.5. The van der Waals surface area contributed by atoms with Gasteiger partial charge in [-0.1, -0.05) is 18.7 Å². The molecular weight excluding hydrogens is 244 g/mol. The van der Waals surface area contributed by atoms with Crippen LogP contribution in [0.3, 0.4) is 0 Å². The molecule has 0 aliphatic carbocycles. The van der Waals surface area contributed by atoms with Crippen molar-refractivity contribution >= 4 is 22.9 Å². The minimum Gasteiger partial charge on any atom is -0.322 e. The standard InChI is InChI=1S/C14H14N2OS/c1-9(2)14(17)16-12-6-4-11(5-7-12)13-8-18-10(3)15-13/h4-8H,1H2,2-3H3,(H,16,17). The molecule has 0 aliphatic heterocycles. The summed E-state index contributed by atoms with van der Waals surface area (Å²) in [7, 11) is 0. The minimum atomic E-state index is -0.160. The van der Waals surface area contributed by atoms with Crippen LogP contribution in [0.5, 0.6) is 0 Å². The number of hydrogen-bond acceptors (Lipinski definition) is 3. The lowest BCUT2D eigenvalue weighted by Gasteiger charge is -2.05. The molecule has 2 aromatic rings. The van der Waals surface area contributed by atoms with Crippen molar-refractivity contribution in [3.63, 3.8) is 0 Å². The lowest BCUT2D eigenvalue weighted by molar-refractivity contribution is -0.112. The summed E-state index contributed by atoms with van der Waals surface area (Å²) in [6.07, 6.45) is 0. The van der Waals surface area contributed by atoms with Gasteiger partial charge in [0.2, 0.25) is 0 Å². The van der Waals surface area contributed by atoms with Gasteiger partial charge in [-0.25, -0.2) is 4.98 Å². The molecule has 0 spiro atoms. The van der Waals surface area contributed by atoms with Gasteiger partial charge in [-0.2, -0.15) is 0 Å². The number of carbonyl (C=O) groups excluding carboxylic acids is 1. The normalized spacial score (nSPS) is 10.1. The van der Waals surface area contributed by atoms with Crippen molar-refractivity contribution in [2.75, 3.05) is 5.32 Å². The first-order valence-electron chi connectivity index (χ1n) is 5.55. The topological polar surface area (TPSA) is 42.0 Å². The summed E-state index contributed by atoms with van der Waals surface area (Å²) in [5.74, 6) is -0.160. The molecule has 1 aromatic carbocycles. The van der Waals surface area contributed by atoms with Gasteiger partial charge in [-0.3, -0.25) is 4.79 Å². The maximum atomic E-state index is 11.4. The lowest BCUT2D eigenvalue weighted by Crippen LogP contribution is -2.11. The summed E-state index contributed by atoms with van der Waals surface area (Å²) in [6, 6.07) is 7.63. The van der Waals surface area contributed by atoms with Crippen molar-refractivity contribution in [2.24, 2.45) is 0 Å². The van der Waals surface area contributed by atoms with Gasteiger partial charge in [0, 0.05) is 22.2 Å². The third-order valence-electron chi connectivity index (χ3n) is 2.45.